The topological polar surface area (TPSA) is 30.7 Å². The van der Waals surface area contributed by atoms with Crippen molar-refractivity contribution in [1.29, 1.82) is 0 Å². The van der Waals surface area contributed by atoms with Gasteiger partial charge in [-0.25, -0.2) is 9.67 Å². The average molecular weight is 248 g/mol. The Morgan fingerprint density at radius 2 is 2.29 bits per heavy atom. The van der Waals surface area contributed by atoms with Crippen LogP contribution in [0.3, 0.4) is 0 Å². The molecule has 0 radical (unpaired) electrons. The van der Waals surface area contributed by atoms with Gasteiger partial charge in [0.1, 0.15) is 5.82 Å². The Bertz CT molecular complexity index is 547. The summed E-state index contributed by atoms with van der Waals surface area (Å²) in [7, 11) is 0. The number of halogens is 1. The molecule has 0 fully saturated rings. The van der Waals surface area contributed by atoms with E-state index in [1.807, 2.05) is 24.3 Å². The molecule has 17 heavy (non-hydrogen) atoms. The lowest BCUT2D eigenvalue weighted by Gasteiger charge is -2.18. The van der Waals surface area contributed by atoms with Gasteiger partial charge in [-0.2, -0.15) is 5.10 Å². The minimum absolute atomic E-state index is 0.458. The summed E-state index contributed by atoms with van der Waals surface area (Å²) in [5.74, 6) is 1.88. The van der Waals surface area contributed by atoms with Crippen molar-refractivity contribution in [3.05, 3.63) is 35.1 Å². The van der Waals surface area contributed by atoms with Crippen molar-refractivity contribution in [3.8, 4) is 11.4 Å². The Labute approximate surface area is 105 Å². The largest absolute Gasteiger partial charge is 0.247 e. The first-order valence-corrected chi connectivity index (χ1v) is 6.33. The van der Waals surface area contributed by atoms with Gasteiger partial charge in [-0.15, -0.1) is 0 Å². The van der Waals surface area contributed by atoms with Crippen LogP contribution < -0.4 is 0 Å². The maximum absolute atomic E-state index is 5.99. The summed E-state index contributed by atoms with van der Waals surface area (Å²) < 4.78 is 2.06. The molecular weight excluding hydrogens is 234 g/mol. The molecule has 0 N–H and O–H groups in total. The van der Waals surface area contributed by atoms with Crippen LogP contribution in [0.1, 0.15) is 31.6 Å². The Morgan fingerprint density at radius 1 is 1.41 bits per heavy atom. The first kappa shape index (κ1) is 10.8. The molecule has 1 aromatic carbocycles. The minimum Gasteiger partial charge on any atom is -0.247 e. The van der Waals surface area contributed by atoms with Gasteiger partial charge in [-0.1, -0.05) is 23.7 Å². The molecule has 0 saturated carbocycles. The van der Waals surface area contributed by atoms with E-state index in [1.54, 1.807) is 0 Å². The van der Waals surface area contributed by atoms with E-state index in [1.165, 1.54) is 12.8 Å². The predicted octanol–water partition coefficient (Wildman–Crippen LogP) is 3.50. The van der Waals surface area contributed by atoms with Gasteiger partial charge in [-0.3, -0.25) is 0 Å². The maximum Gasteiger partial charge on any atom is 0.181 e. The summed E-state index contributed by atoms with van der Waals surface area (Å²) in [6.45, 7) is 2.19. The van der Waals surface area contributed by atoms with Gasteiger partial charge >= 0.3 is 0 Å². The molecule has 1 atom stereocenters. The van der Waals surface area contributed by atoms with E-state index < -0.39 is 0 Å². The lowest BCUT2D eigenvalue weighted by Crippen LogP contribution is -2.16. The molecular formula is C13H14ClN3. The molecule has 88 valence electrons. The molecule has 2 heterocycles. The van der Waals surface area contributed by atoms with Crippen molar-refractivity contribution < 1.29 is 0 Å². The highest BCUT2D eigenvalue weighted by Gasteiger charge is 2.20. The second-order valence-corrected chi connectivity index (χ2v) is 4.98. The molecule has 0 aliphatic carbocycles. The van der Waals surface area contributed by atoms with Gasteiger partial charge in [0.2, 0.25) is 0 Å². The van der Waals surface area contributed by atoms with E-state index in [4.69, 9.17) is 11.6 Å². The number of aryl methyl sites for hydroxylation is 1. The number of benzene rings is 1. The molecule has 0 saturated heterocycles. The van der Waals surface area contributed by atoms with Crippen LogP contribution in [-0.4, -0.2) is 14.8 Å². The van der Waals surface area contributed by atoms with Crippen LogP contribution in [0, 0.1) is 0 Å². The third kappa shape index (κ3) is 1.95. The zero-order valence-corrected chi connectivity index (χ0v) is 10.5. The molecule has 1 aromatic heterocycles. The van der Waals surface area contributed by atoms with Crippen LogP contribution in [0.2, 0.25) is 5.02 Å². The Balaban J connectivity index is 2.05. The van der Waals surface area contributed by atoms with E-state index in [2.05, 4.69) is 21.7 Å². The second-order valence-electron chi connectivity index (χ2n) is 4.55. The molecule has 1 aliphatic heterocycles. The second kappa shape index (κ2) is 4.15. The Morgan fingerprint density at radius 3 is 3.06 bits per heavy atom. The lowest BCUT2D eigenvalue weighted by molar-refractivity contribution is 0.389. The van der Waals surface area contributed by atoms with Crippen molar-refractivity contribution in [1.82, 2.24) is 14.8 Å². The van der Waals surface area contributed by atoms with Gasteiger partial charge in [-0.05, 0) is 31.9 Å². The van der Waals surface area contributed by atoms with Gasteiger partial charge in [0.15, 0.2) is 5.82 Å². The first-order valence-electron chi connectivity index (χ1n) is 5.95. The lowest BCUT2D eigenvalue weighted by atomic mass is 10.1. The molecule has 3 rings (SSSR count). The molecule has 1 aliphatic rings. The zero-order valence-electron chi connectivity index (χ0n) is 9.73. The highest BCUT2D eigenvalue weighted by atomic mass is 35.5. The molecule has 3 nitrogen and oxygen atoms in total. The van der Waals surface area contributed by atoms with Gasteiger partial charge < -0.3 is 0 Å². The van der Waals surface area contributed by atoms with Crippen molar-refractivity contribution in [2.75, 3.05) is 0 Å². The van der Waals surface area contributed by atoms with E-state index in [0.717, 1.165) is 28.7 Å². The van der Waals surface area contributed by atoms with Crippen molar-refractivity contribution in [2.24, 2.45) is 0 Å². The average Bonchev–Trinajstić information content (AvgIpc) is 2.74. The fourth-order valence-corrected chi connectivity index (χ4v) is 2.50. The number of fused-ring (bicyclic) bond motifs is 1. The molecule has 0 amide bonds. The highest BCUT2D eigenvalue weighted by Crippen LogP contribution is 2.26. The Kier molecular flexibility index (Phi) is 2.63. The fourth-order valence-electron chi connectivity index (χ4n) is 2.31. The SMILES string of the molecule is CC1CCCc2nc(-c3cccc(Cl)c3)nn21. The summed E-state index contributed by atoms with van der Waals surface area (Å²) in [6.07, 6.45) is 3.41. The summed E-state index contributed by atoms with van der Waals surface area (Å²) in [6, 6.07) is 8.16. The molecule has 2 aromatic rings. The smallest absolute Gasteiger partial charge is 0.181 e. The monoisotopic (exact) mass is 247 g/mol. The van der Waals surface area contributed by atoms with Crippen LogP contribution in [0.5, 0.6) is 0 Å². The van der Waals surface area contributed by atoms with Crippen molar-refractivity contribution >= 4 is 11.6 Å². The van der Waals surface area contributed by atoms with Gasteiger partial charge in [0.05, 0.1) is 6.04 Å². The summed E-state index contributed by atoms with van der Waals surface area (Å²) in [4.78, 5) is 4.61. The van der Waals surface area contributed by atoms with E-state index in [0.29, 0.717) is 6.04 Å². The van der Waals surface area contributed by atoms with E-state index in [-0.39, 0.29) is 0 Å². The number of nitrogens with zero attached hydrogens (tertiary/aromatic N) is 3. The molecule has 0 spiro atoms. The fraction of sp³-hybridized carbons (Fsp3) is 0.385. The van der Waals surface area contributed by atoms with E-state index >= 15 is 0 Å². The maximum atomic E-state index is 5.99. The van der Waals surface area contributed by atoms with Crippen LogP contribution in [0.15, 0.2) is 24.3 Å². The number of hydrogen-bond donors (Lipinski definition) is 0. The number of hydrogen-bond acceptors (Lipinski definition) is 2. The van der Waals surface area contributed by atoms with E-state index in [9.17, 15) is 0 Å². The van der Waals surface area contributed by atoms with Crippen molar-refractivity contribution in [3.63, 3.8) is 0 Å². The first-order chi connectivity index (χ1) is 8.24. The van der Waals surface area contributed by atoms with Crippen LogP contribution in [0.4, 0.5) is 0 Å². The zero-order chi connectivity index (χ0) is 11.8. The third-order valence-corrected chi connectivity index (χ3v) is 3.46. The van der Waals surface area contributed by atoms with Crippen molar-refractivity contribution in [2.45, 2.75) is 32.2 Å². The summed E-state index contributed by atoms with van der Waals surface area (Å²) >= 11 is 5.99. The molecule has 0 bridgehead atoms. The predicted molar refractivity (Wildman–Crippen MR) is 68.1 cm³/mol. The summed E-state index contributed by atoms with van der Waals surface area (Å²) in [5.41, 5.74) is 0.992. The number of aromatic nitrogens is 3. The Hall–Kier alpha value is -1.35. The van der Waals surface area contributed by atoms with Crippen LogP contribution in [-0.2, 0) is 6.42 Å². The van der Waals surface area contributed by atoms with Crippen LogP contribution >= 0.6 is 11.6 Å². The van der Waals surface area contributed by atoms with Gasteiger partial charge in [0.25, 0.3) is 0 Å². The minimum atomic E-state index is 0.458. The van der Waals surface area contributed by atoms with Crippen LogP contribution in [0.25, 0.3) is 11.4 Å². The molecule has 4 heteroatoms. The normalized spacial score (nSPS) is 19.1. The highest BCUT2D eigenvalue weighted by molar-refractivity contribution is 6.30. The standard InChI is InChI=1S/C13H14ClN3/c1-9-4-2-7-12-15-13(16-17(9)12)10-5-3-6-11(14)8-10/h3,5-6,8-9H,2,4,7H2,1H3. The van der Waals surface area contributed by atoms with Gasteiger partial charge in [0, 0.05) is 17.0 Å². The molecule has 1 unspecified atom stereocenters. The summed E-state index contributed by atoms with van der Waals surface area (Å²) in [5, 5.41) is 5.32. The number of rotatable bonds is 1. The quantitative estimate of drug-likeness (QED) is 0.772. The third-order valence-electron chi connectivity index (χ3n) is 3.22.